The molecular weight excluding hydrogens is 252 g/mol. The smallest absolute Gasteiger partial charge is 0.241 e. The van der Waals surface area contributed by atoms with E-state index >= 15 is 0 Å². The number of hydrogen-bond acceptors (Lipinski definition) is 4. The summed E-state index contributed by atoms with van der Waals surface area (Å²) in [6.07, 6.45) is 1.67. The first-order chi connectivity index (χ1) is 9.56. The molecule has 2 rings (SSSR count). The average Bonchev–Trinajstić information content (AvgIpc) is 2.45. The lowest BCUT2D eigenvalue weighted by molar-refractivity contribution is -0.122. The Balaban J connectivity index is 1.96. The predicted molar refractivity (Wildman–Crippen MR) is 76.7 cm³/mol. The van der Waals surface area contributed by atoms with Gasteiger partial charge in [0.25, 0.3) is 0 Å². The van der Waals surface area contributed by atoms with E-state index in [4.69, 9.17) is 5.73 Å². The van der Waals surface area contributed by atoms with E-state index < -0.39 is 6.04 Å². The van der Waals surface area contributed by atoms with Gasteiger partial charge in [-0.05, 0) is 25.5 Å². The molecule has 3 N–H and O–H groups in total. The summed E-state index contributed by atoms with van der Waals surface area (Å²) in [6, 6.07) is 8.72. The molecule has 20 heavy (non-hydrogen) atoms. The highest BCUT2D eigenvalue weighted by molar-refractivity contribution is 5.82. The Morgan fingerprint density at radius 3 is 2.60 bits per heavy atom. The fourth-order valence-corrected chi connectivity index (χ4v) is 1.82. The van der Waals surface area contributed by atoms with Crippen LogP contribution in [-0.4, -0.2) is 15.9 Å². The molecule has 1 aromatic heterocycles. The van der Waals surface area contributed by atoms with Crippen LogP contribution in [-0.2, 0) is 11.3 Å². The van der Waals surface area contributed by atoms with E-state index in [1.54, 1.807) is 12.3 Å². The first-order valence-electron chi connectivity index (χ1n) is 6.44. The molecule has 0 aliphatic rings. The summed E-state index contributed by atoms with van der Waals surface area (Å²) < 4.78 is 0. The third kappa shape index (κ3) is 3.61. The zero-order valence-electron chi connectivity index (χ0n) is 11.6. The second-order valence-electron chi connectivity index (χ2n) is 4.70. The van der Waals surface area contributed by atoms with Gasteiger partial charge in [-0.3, -0.25) is 4.79 Å². The zero-order valence-corrected chi connectivity index (χ0v) is 11.6. The summed E-state index contributed by atoms with van der Waals surface area (Å²) in [5, 5.41) is 2.78. The Bertz CT molecular complexity index is 595. The molecule has 0 bridgehead atoms. The van der Waals surface area contributed by atoms with Gasteiger partial charge in [0.1, 0.15) is 11.9 Å². The number of benzene rings is 1. The third-order valence-corrected chi connectivity index (χ3v) is 3.00. The maximum Gasteiger partial charge on any atom is 0.241 e. The summed E-state index contributed by atoms with van der Waals surface area (Å²) in [4.78, 5) is 20.2. The van der Waals surface area contributed by atoms with E-state index in [-0.39, 0.29) is 5.91 Å². The van der Waals surface area contributed by atoms with Crippen LogP contribution in [0.25, 0.3) is 0 Å². The standard InChI is InChI=1S/C15H18N4O/c1-10-3-5-12(6-4-10)14(16)15(20)18-9-13-7-8-17-11(2)19-13/h3-8,14H,9,16H2,1-2H3,(H,18,20). The van der Waals surface area contributed by atoms with Crippen LogP contribution in [0, 0.1) is 13.8 Å². The molecule has 1 amide bonds. The molecule has 104 valence electrons. The van der Waals surface area contributed by atoms with Gasteiger partial charge in [0.05, 0.1) is 12.2 Å². The number of rotatable bonds is 4. The number of nitrogens with two attached hydrogens (primary N) is 1. The predicted octanol–water partition coefficient (Wildman–Crippen LogP) is 1.41. The number of carbonyl (C=O) groups is 1. The Hall–Kier alpha value is -2.27. The average molecular weight is 270 g/mol. The van der Waals surface area contributed by atoms with Gasteiger partial charge in [-0.25, -0.2) is 9.97 Å². The van der Waals surface area contributed by atoms with Crippen molar-refractivity contribution in [2.45, 2.75) is 26.4 Å². The highest BCUT2D eigenvalue weighted by atomic mass is 16.2. The lowest BCUT2D eigenvalue weighted by atomic mass is 10.1. The number of nitrogens with zero attached hydrogens (tertiary/aromatic N) is 2. The van der Waals surface area contributed by atoms with Crippen LogP contribution in [0.3, 0.4) is 0 Å². The second kappa shape index (κ2) is 6.25. The van der Waals surface area contributed by atoms with E-state index in [1.807, 2.05) is 38.1 Å². The van der Waals surface area contributed by atoms with Gasteiger partial charge in [0, 0.05) is 6.20 Å². The molecule has 1 atom stereocenters. The Morgan fingerprint density at radius 1 is 1.25 bits per heavy atom. The highest BCUT2D eigenvalue weighted by Crippen LogP contribution is 2.11. The maximum absolute atomic E-state index is 12.0. The minimum absolute atomic E-state index is 0.217. The van der Waals surface area contributed by atoms with Crippen LogP contribution in [0.15, 0.2) is 36.5 Å². The molecule has 0 fully saturated rings. The molecule has 5 heteroatoms. The van der Waals surface area contributed by atoms with Crippen molar-refractivity contribution in [3.63, 3.8) is 0 Å². The van der Waals surface area contributed by atoms with Crippen molar-refractivity contribution in [2.24, 2.45) is 5.73 Å². The maximum atomic E-state index is 12.0. The minimum atomic E-state index is -0.668. The molecule has 0 saturated carbocycles. The van der Waals surface area contributed by atoms with Crippen molar-refractivity contribution >= 4 is 5.91 Å². The molecule has 1 unspecified atom stereocenters. The molecule has 0 aliphatic carbocycles. The van der Waals surface area contributed by atoms with E-state index in [1.165, 1.54) is 0 Å². The van der Waals surface area contributed by atoms with Crippen molar-refractivity contribution in [3.8, 4) is 0 Å². The largest absolute Gasteiger partial charge is 0.349 e. The monoisotopic (exact) mass is 270 g/mol. The van der Waals surface area contributed by atoms with Crippen LogP contribution < -0.4 is 11.1 Å². The summed E-state index contributed by atoms with van der Waals surface area (Å²) >= 11 is 0. The zero-order chi connectivity index (χ0) is 14.5. The van der Waals surface area contributed by atoms with Crippen molar-refractivity contribution in [1.29, 1.82) is 0 Å². The Morgan fingerprint density at radius 2 is 1.95 bits per heavy atom. The summed E-state index contributed by atoms with van der Waals surface area (Å²) in [5.41, 5.74) is 8.64. The van der Waals surface area contributed by atoms with Crippen LogP contribution in [0.1, 0.15) is 28.7 Å². The van der Waals surface area contributed by atoms with E-state index in [0.717, 1.165) is 16.8 Å². The van der Waals surface area contributed by atoms with Gasteiger partial charge < -0.3 is 11.1 Å². The molecule has 1 aromatic carbocycles. The van der Waals surface area contributed by atoms with E-state index in [0.29, 0.717) is 12.4 Å². The highest BCUT2D eigenvalue weighted by Gasteiger charge is 2.15. The fourth-order valence-electron chi connectivity index (χ4n) is 1.82. The van der Waals surface area contributed by atoms with Crippen molar-refractivity contribution in [3.05, 3.63) is 59.2 Å². The molecular formula is C15H18N4O. The van der Waals surface area contributed by atoms with Crippen LogP contribution in [0.4, 0.5) is 0 Å². The summed E-state index contributed by atoms with van der Waals surface area (Å²) in [5.74, 6) is 0.463. The second-order valence-corrected chi connectivity index (χ2v) is 4.70. The number of hydrogen-bond donors (Lipinski definition) is 2. The quantitative estimate of drug-likeness (QED) is 0.880. The molecule has 0 radical (unpaired) electrons. The van der Waals surface area contributed by atoms with Gasteiger partial charge >= 0.3 is 0 Å². The van der Waals surface area contributed by atoms with Gasteiger partial charge in [0.2, 0.25) is 5.91 Å². The summed E-state index contributed by atoms with van der Waals surface area (Å²) in [6.45, 7) is 4.15. The van der Waals surface area contributed by atoms with E-state index in [9.17, 15) is 4.79 Å². The summed E-state index contributed by atoms with van der Waals surface area (Å²) in [7, 11) is 0. The topological polar surface area (TPSA) is 80.9 Å². The first-order valence-corrected chi connectivity index (χ1v) is 6.44. The van der Waals surface area contributed by atoms with Crippen molar-refractivity contribution < 1.29 is 4.79 Å². The van der Waals surface area contributed by atoms with Crippen molar-refractivity contribution in [2.75, 3.05) is 0 Å². The lowest BCUT2D eigenvalue weighted by Crippen LogP contribution is -2.33. The number of amides is 1. The van der Waals surface area contributed by atoms with Gasteiger partial charge in [-0.2, -0.15) is 0 Å². The van der Waals surface area contributed by atoms with Gasteiger partial charge in [-0.1, -0.05) is 29.8 Å². The SMILES string of the molecule is Cc1ccc(C(N)C(=O)NCc2ccnc(C)n2)cc1. The first kappa shape index (κ1) is 14.1. The third-order valence-electron chi connectivity index (χ3n) is 3.00. The Kier molecular flexibility index (Phi) is 4.42. The number of carbonyl (C=O) groups excluding carboxylic acids is 1. The molecule has 2 aromatic rings. The fraction of sp³-hybridized carbons (Fsp3) is 0.267. The van der Waals surface area contributed by atoms with Crippen LogP contribution in [0.5, 0.6) is 0 Å². The Labute approximate surface area is 118 Å². The normalized spacial score (nSPS) is 11.9. The number of nitrogens with one attached hydrogen (secondary N) is 1. The molecule has 5 nitrogen and oxygen atoms in total. The lowest BCUT2D eigenvalue weighted by Gasteiger charge is -2.12. The molecule has 0 spiro atoms. The number of aryl methyl sites for hydroxylation is 2. The number of aromatic nitrogens is 2. The van der Waals surface area contributed by atoms with Gasteiger partial charge in [-0.15, -0.1) is 0 Å². The van der Waals surface area contributed by atoms with Crippen LogP contribution >= 0.6 is 0 Å². The van der Waals surface area contributed by atoms with E-state index in [2.05, 4.69) is 15.3 Å². The van der Waals surface area contributed by atoms with Crippen molar-refractivity contribution in [1.82, 2.24) is 15.3 Å². The minimum Gasteiger partial charge on any atom is -0.349 e. The molecule has 1 heterocycles. The molecule has 0 aliphatic heterocycles. The van der Waals surface area contributed by atoms with Gasteiger partial charge in [0.15, 0.2) is 0 Å². The van der Waals surface area contributed by atoms with Crippen LogP contribution in [0.2, 0.25) is 0 Å². The molecule has 0 saturated heterocycles.